The van der Waals surface area contributed by atoms with Gasteiger partial charge in [-0.15, -0.1) is 0 Å². The SMILES string of the molecule is OC1CSCCC12CCNC2. The number of hydrogen-bond acceptors (Lipinski definition) is 3. The second-order valence-electron chi connectivity index (χ2n) is 3.63. The highest BCUT2D eigenvalue weighted by Crippen LogP contribution is 2.39. The van der Waals surface area contributed by atoms with Crippen molar-refractivity contribution < 1.29 is 5.11 Å². The van der Waals surface area contributed by atoms with Crippen LogP contribution in [0.5, 0.6) is 0 Å². The molecule has 2 saturated heterocycles. The Hall–Kier alpha value is 0.270. The van der Waals surface area contributed by atoms with Crippen molar-refractivity contribution in [2.24, 2.45) is 5.41 Å². The lowest BCUT2D eigenvalue weighted by molar-refractivity contribution is 0.0508. The van der Waals surface area contributed by atoms with Crippen LogP contribution in [0.3, 0.4) is 0 Å². The number of hydrogen-bond donors (Lipinski definition) is 2. The van der Waals surface area contributed by atoms with Crippen LogP contribution in [0.25, 0.3) is 0 Å². The van der Waals surface area contributed by atoms with Gasteiger partial charge < -0.3 is 10.4 Å². The molecule has 2 atom stereocenters. The summed E-state index contributed by atoms with van der Waals surface area (Å²) in [5.74, 6) is 2.18. The molecular weight excluding hydrogens is 158 g/mol. The standard InChI is InChI=1S/C8H15NOS/c10-7-5-11-4-2-8(7)1-3-9-6-8/h7,9-10H,1-6H2. The Morgan fingerprint density at radius 1 is 1.45 bits per heavy atom. The summed E-state index contributed by atoms with van der Waals surface area (Å²) in [6, 6.07) is 0. The van der Waals surface area contributed by atoms with Crippen molar-refractivity contribution in [1.29, 1.82) is 0 Å². The molecule has 2 rings (SSSR count). The molecule has 0 bridgehead atoms. The van der Waals surface area contributed by atoms with Crippen molar-refractivity contribution in [1.82, 2.24) is 5.32 Å². The number of thioether (sulfide) groups is 1. The lowest BCUT2D eigenvalue weighted by atomic mass is 9.79. The van der Waals surface area contributed by atoms with Crippen LogP contribution >= 0.6 is 11.8 Å². The zero-order chi connectivity index (χ0) is 7.73. The van der Waals surface area contributed by atoms with Crippen molar-refractivity contribution in [2.75, 3.05) is 24.6 Å². The van der Waals surface area contributed by atoms with Crippen LogP contribution < -0.4 is 5.32 Å². The fraction of sp³-hybridized carbons (Fsp3) is 1.00. The van der Waals surface area contributed by atoms with Crippen LogP contribution in [0.4, 0.5) is 0 Å². The molecule has 0 amide bonds. The fourth-order valence-corrected chi connectivity index (χ4v) is 3.37. The Bertz CT molecular complexity index is 145. The monoisotopic (exact) mass is 173 g/mol. The van der Waals surface area contributed by atoms with Gasteiger partial charge in [0.05, 0.1) is 6.10 Å². The van der Waals surface area contributed by atoms with E-state index in [0.717, 1.165) is 18.8 Å². The second-order valence-corrected chi connectivity index (χ2v) is 4.78. The van der Waals surface area contributed by atoms with Gasteiger partial charge in [0, 0.05) is 17.7 Å². The Morgan fingerprint density at radius 3 is 3.00 bits per heavy atom. The van der Waals surface area contributed by atoms with Crippen LogP contribution in [0, 0.1) is 5.41 Å². The van der Waals surface area contributed by atoms with E-state index in [1.54, 1.807) is 0 Å². The van der Waals surface area contributed by atoms with Gasteiger partial charge in [0.1, 0.15) is 0 Å². The first kappa shape index (κ1) is 7.90. The lowest BCUT2D eigenvalue weighted by Gasteiger charge is -2.37. The molecule has 2 heterocycles. The molecule has 0 saturated carbocycles. The molecule has 2 aliphatic rings. The molecule has 2 nitrogen and oxygen atoms in total. The maximum Gasteiger partial charge on any atom is 0.0699 e. The van der Waals surface area contributed by atoms with Crippen molar-refractivity contribution >= 4 is 11.8 Å². The summed E-state index contributed by atoms with van der Waals surface area (Å²) < 4.78 is 0. The Labute approximate surface area is 71.7 Å². The van der Waals surface area contributed by atoms with Gasteiger partial charge in [0.15, 0.2) is 0 Å². The Kier molecular flexibility index (Phi) is 2.12. The van der Waals surface area contributed by atoms with Crippen LogP contribution in [0.15, 0.2) is 0 Å². The van der Waals surface area contributed by atoms with Gasteiger partial charge >= 0.3 is 0 Å². The van der Waals surface area contributed by atoms with Gasteiger partial charge in [-0.25, -0.2) is 0 Å². The minimum absolute atomic E-state index is 0.0590. The van der Waals surface area contributed by atoms with Gasteiger partial charge in [-0.05, 0) is 25.1 Å². The van der Waals surface area contributed by atoms with Crippen LogP contribution in [0.1, 0.15) is 12.8 Å². The minimum atomic E-state index is -0.0590. The quantitative estimate of drug-likeness (QED) is 0.558. The normalized spacial score (nSPS) is 45.0. The van der Waals surface area contributed by atoms with E-state index in [2.05, 4.69) is 5.32 Å². The summed E-state index contributed by atoms with van der Waals surface area (Å²) in [5, 5.41) is 13.1. The van der Waals surface area contributed by atoms with Gasteiger partial charge in [-0.1, -0.05) is 0 Å². The molecular formula is C8H15NOS. The van der Waals surface area contributed by atoms with Gasteiger partial charge in [-0.3, -0.25) is 0 Å². The van der Waals surface area contributed by atoms with Gasteiger partial charge in [0.2, 0.25) is 0 Å². The molecule has 2 fully saturated rings. The zero-order valence-corrected chi connectivity index (χ0v) is 7.49. The summed E-state index contributed by atoms with van der Waals surface area (Å²) in [6.07, 6.45) is 2.32. The number of rotatable bonds is 0. The highest BCUT2D eigenvalue weighted by atomic mass is 32.2. The van der Waals surface area contributed by atoms with Gasteiger partial charge in [-0.2, -0.15) is 11.8 Å². The molecule has 2 aliphatic heterocycles. The summed E-state index contributed by atoms with van der Waals surface area (Å²) in [4.78, 5) is 0. The molecule has 1 spiro atoms. The van der Waals surface area contributed by atoms with Crippen LogP contribution in [-0.2, 0) is 0 Å². The van der Waals surface area contributed by atoms with Crippen LogP contribution in [0.2, 0.25) is 0 Å². The average Bonchev–Trinajstić information content (AvgIpc) is 2.46. The lowest BCUT2D eigenvalue weighted by Crippen LogP contribution is -2.42. The van der Waals surface area contributed by atoms with Crippen LogP contribution in [-0.4, -0.2) is 35.8 Å². The molecule has 11 heavy (non-hydrogen) atoms. The van der Waals surface area contributed by atoms with Crippen molar-refractivity contribution in [3.05, 3.63) is 0 Å². The molecule has 2 unspecified atom stereocenters. The smallest absolute Gasteiger partial charge is 0.0699 e. The number of aliphatic hydroxyl groups excluding tert-OH is 1. The first-order chi connectivity index (χ1) is 5.33. The highest BCUT2D eigenvalue weighted by Gasteiger charge is 2.42. The van der Waals surface area contributed by atoms with Crippen molar-refractivity contribution in [3.8, 4) is 0 Å². The molecule has 0 aromatic carbocycles. The highest BCUT2D eigenvalue weighted by molar-refractivity contribution is 7.99. The molecule has 64 valence electrons. The number of nitrogens with one attached hydrogen (secondary N) is 1. The average molecular weight is 173 g/mol. The maximum atomic E-state index is 9.80. The summed E-state index contributed by atoms with van der Waals surface area (Å²) in [5.41, 5.74) is 0.255. The largest absolute Gasteiger partial charge is 0.392 e. The zero-order valence-electron chi connectivity index (χ0n) is 6.68. The number of aliphatic hydroxyl groups is 1. The molecule has 0 aromatic rings. The fourth-order valence-electron chi connectivity index (χ4n) is 2.07. The van der Waals surface area contributed by atoms with E-state index in [0.29, 0.717) is 0 Å². The van der Waals surface area contributed by atoms with E-state index in [9.17, 15) is 5.11 Å². The Balaban J connectivity index is 2.07. The summed E-state index contributed by atoms with van der Waals surface area (Å²) in [7, 11) is 0. The Morgan fingerprint density at radius 2 is 2.36 bits per heavy atom. The third kappa shape index (κ3) is 1.30. The topological polar surface area (TPSA) is 32.3 Å². The maximum absolute atomic E-state index is 9.80. The third-order valence-corrected chi connectivity index (χ3v) is 4.05. The predicted molar refractivity (Wildman–Crippen MR) is 47.9 cm³/mol. The second kappa shape index (κ2) is 2.96. The predicted octanol–water partition coefficient (Wildman–Crippen LogP) is 0.464. The van der Waals surface area contributed by atoms with E-state index in [1.807, 2.05) is 11.8 Å². The molecule has 0 aliphatic carbocycles. The first-order valence-electron chi connectivity index (χ1n) is 4.30. The summed E-state index contributed by atoms with van der Waals surface area (Å²) in [6.45, 7) is 2.14. The van der Waals surface area contributed by atoms with Gasteiger partial charge in [0.25, 0.3) is 0 Å². The van der Waals surface area contributed by atoms with E-state index < -0.39 is 0 Å². The first-order valence-corrected chi connectivity index (χ1v) is 5.45. The third-order valence-electron chi connectivity index (χ3n) is 3.00. The molecule has 3 heteroatoms. The van der Waals surface area contributed by atoms with Crippen molar-refractivity contribution in [3.63, 3.8) is 0 Å². The van der Waals surface area contributed by atoms with Crippen molar-refractivity contribution in [2.45, 2.75) is 18.9 Å². The van der Waals surface area contributed by atoms with E-state index in [4.69, 9.17) is 0 Å². The summed E-state index contributed by atoms with van der Waals surface area (Å²) >= 11 is 1.89. The minimum Gasteiger partial charge on any atom is -0.392 e. The molecule has 0 radical (unpaired) electrons. The molecule has 0 aromatic heterocycles. The van der Waals surface area contributed by atoms with E-state index in [-0.39, 0.29) is 11.5 Å². The van der Waals surface area contributed by atoms with E-state index >= 15 is 0 Å². The van der Waals surface area contributed by atoms with E-state index in [1.165, 1.54) is 18.6 Å². The molecule has 2 N–H and O–H groups in total.